The molecule has 4 nitrogen and oxygen atoms in total. The smallest absolute Gasteiger partial charge is 0.231 e. The second-order valence-electron chi connectivity index (χ2n) is 4.71. The van der Waals surface area contributed by atoms with Gasteiger partial charge in [-0.05, 0) is 24.6 Å². The molecule has 7 heteroatoms. The van der Waals surface area contributed by atoms with E-state index >= 15 is 0 Å². The Kier molecular flexibility index (Phi) is 3.94. The van der Waals surface area contributed by atoms with Crippen molar-refractivity contribution in [1.82, 2.24) is 4.98 Å². The highest BCUT2D eigenvalue weighted by Crippen LogP contribution is 2.28. The number of benzene rings is 1. The Bertz CT molecular complexity index is 669. The summed E-state index contributed by atoms with van der Waals surface area (Å²) in [5, 5.41) is 4.63. The fourth-order valence-electron chi connectivity index (χ4n) is 2.10. The summed E-state index contributed by atoms with van der Waals surface area (Å²) in [4.78, 5) is 16.1. The lowest BCUT2D eigenvalue weighted by Crippen LogP contribution is -2.22. The molecule has 2 aromatic rings. The van der Waals surface area contributed by atoms with Gasteiger partial charge in [-0.25, -0.2) is 13.8 Å². The third kappa shape index (κ3) is 3.08. The number of ether oxygens (including phenoxy) is 1. The van der Waals surface area contributed by atoms with Crippen LogP contribution in [0.15, 0.2) is 23.6 Å². The molecule has 1 amide bonds. The molecule has 0 saturated carbocycles. The Morgan fingerprint density at radius 2 is 2.29 bits per heavy atom. The van der Waals surface area contributed by atoms with E-state index in [2.05, 4.69) is 10.3 Å². The van der Waals surface area contributed by atoms with Crippen LogP contribution in [0.25, 0.3) is 11.3 Å². The topological polar surface area (TPSA) is 51.2 Å². The highest BCUT2D eigenvalue weighted by Gasteiger charge is 2.24. The van der Waals surface area contributed by atoms with E-state index in [0.29, 0.717) is 30.5 Å². The number of halogens is 2. The first kappa shape index (κ1) is 14.1. The van der Waals surface area contributed by atoms with Gasteiger partial charge in [0.2, 0.25) is 5.91 Å². The van der Waals surface area contributed by atoms with Crippen LogP contribution < -0.4 is 5.32 Å². The second kappa shape index (κ2) is 5.87. The van der Waals surface area contributed by atoms with Gasteiger partial charge in [-0.3, -0.25) is 4.79 Å². The van der Waals surface area contributed by atoms with Gasteiger partial charge < -0.3 is 10.1 Å². The number of rotatable bonds is 3. The standard InChI is InChI=1S/C14H12F2N2O2S/c15-9-1-2-11(16)10(5-9)12-7-21-14(17-12)18-13(19)8-3-4-20-6-8/h1-2,5,7-8H,3-4,6H2,(H,17,18,19). The van der Waals surface area contributed by atoms with Crippen molar-refractivity contribution in [1.29, 1.82) is 0 Å². The molecule has 0 radical (unpaired) electrons. The van der Waals surface area contributed by atoms with Gasteiger partial charge in [0.05, 0.1) is 18.2 Å². The van der Waals surface area contributed by atoms with Crippen LogP contribution in [0.4, 0.5) is 13.9 Å². The van der Waals surface area contributed by atoms with E-state index in [1.807, 2.05) is 0 Å². The molecule has 1 unspecified atom stereocenters. The molecule has 110 valence electrons. The molecule has 0 spiro atoms. The summed E-state index contributed by atoms with van der Waals surface area (Å²) in [6, 6.07) is 3.19. The zero-order chi connectivity index (χ0) is 14.8. The molecule has 1 aliphatic heterocycles. The van der Waals surface area contributed by atoms with Gasteiger partial charge in [0, 0.05) is 17.6 Å². The lowest BCUT2D eigenvalue weighted by molar-refractivity contribution is -0.119. The van der Waals surface area contributed by atoms with E-state index in [4.69, 9.17) is 4.74 Å². The van der Waals surface area contributed by atoms with Gasteiger partial charge in [-0.1, -0.05) is 0 Å². The van der Waals surface area contributed by atoms with E-state index in [1.54, 1.807) is 5.38 Å². The summed E-state index contributed by atoms with van der Waals surface area (Å²) in [5.74, 6) is -1.42. The van der Waals surface area contributed by atoms with Gasteiger partial charge in [0.25, 0.3) is 0 Å². The summed E-state index contributed by atoms with van der Waals surface area (Å²) in [6.07, 6.45) is 0.683. The molecule has 0 bridgehead atoms. The molecule has 1 saturated heterocycles. The number of hydrogen-bond donors (Lipinski definition) is 1. The minimum Gasteiger partial charge on any atom is -0.381 e. The maximum atomic E-state index is 13.7. The summed E-state index contributed by atoms with van der Waals surface area (Å²) >= 11 is 1.17. The van der Waals surface area contributed by atoms with Crippen LogP contribution in [0.1, 0.15) is 6.42 Å². The number of aromatic nitrogens is 1. The van der Waals surface area contributed by atoms with Gasteiger partial charge in [0.15, 0.2) is 5.13 Å². The van der Waals surface area contributed by atoms with Crippen molar-refractivity contribution in [2.75, 3.05) is 18.5 Å². The van der Waals surface area contributed by atoms with E-state index in [0.717, 1.165) is 18.2 Å². The van der Waals surface area contributed by atoms with Crippen molar-refractivity contribution in [3.8, 4) is 11.3 Å². The van der Waals surface area contributed by atoms with E-state index in [-0.39, 0.29) is 17.4 Å². The van der Waals surface area contributed by atoms with Crippen LogP contribution in [0.2, 0.25) is 0 Å². The number of anilines is 1. The molecule has 1 fully saturated rings. The number of thiazole rings is 1. The molecular formula is C14H12F2N2O2S. The predicted molar refractivity (Wildman–Crippen MR) is 75.0 cm³/mol. The van der Waals surface area contributed by atoms with E-state index < -0.39 is 11.6 Å². The summed E-state index contributed by atoms with van der Waals surface area (Å²) in [7, 11) is 0. The third-order valence-corrected chi connectivity index (χ3v) is 4.00. The van der Waals surface area contributed by atoms with Crippen molar-refractivity contribution in [2.24, 2.45) is 5.92 Å². The maximum absolute atomic E-state index is 13.7. The molecule has 1 aromatic heterocycles. The fourth-order valence-corrected chi connectivity index (χ4v) is 2.81. The van der Waals surface area contributed by atoms with Crippen LogP contribution in [0.5, 0.6) is 0 Å². The van der Waals surface area contributed by atoms with Crippen molar-refractivity contribution >= 4 is 22.4 Å². The second-order valence-corrected chi connectivity index (χ2v) is 5.57. The SMILES string of the molecule is O=C(Nc1nc(-c2cc(F)ccc2F)cs1)C1CCOC1. The normalized spacial score (nSPS) is 17.9. The molecular weight excluding hydrogens is 298 g/mol. The number of nitrogens with zero attached hydrogens (tertiary/aromatic N) is 1. The monoisotopic (exact) mass is 310 g/mol. The first-order valence-electron chi connectivity index (χ1n) is 6.43. The Hall–Kier alpha value is -1.86. The maximum Gasteiger partial charge on any atom is 0.231 e. The number of carbonyl (C=O) groups excluding carboxylic acids is 1. The molecule has 1 aliphatic rings. The number of carbonyl (C=O) groups is 1. The number of nitrogens with one attached hydrogen (secondary N) is 1. The summed E-state index contributed by atoms with van der Waals surface area (Å²) in [5.41, 5.74) is 0.380. The van der Waals surface area contributed by atoms with Gasteiger partial charge in [-0.2, -0.15) is 0 Å². The number of amides is 1. The average molecular weight is 310 g/mol. The summed E-state index contributed by atoms with van der Waals surface area (Å²) in [6.45, 7) is 0.984. The number of hydrogen-bond acceptors (Lipinski definition) is 4. The minimum absolute atomic E-state index is 0.0796. The summed E-state index contributed by atoms with van der Waals surface area (Å²) < 4.78 is 32.0. The average Bonchev–Trinajstić information content (AvgIpc) is 3.12. The van der Waals surface area contributed by atoms with Crippen LogP contribution >= 0.6 is 11.3 Å². The van der Waals surface area contributed by atoms with Gasteiger partial charge in [0.1, 0.15) is 11.6 Å². The quantitative estimate of drug-likeness (QED) is 0.948. The highest BCUT2D eigenvalue weighted by atomic mass is 32.1. The zero-order valence-corrected chi connectivity index (χ0v) is 11.8. The van der Waals surface area contributed by atoms with Gasteiger partial charge in [-0.15, -0.1) is 11.3 Å². The van der Waals surface area contributed by atoms with Crippen LogP contribution in [0, 0.1) is 17.6 Å². The minimum atomic E-state index is -0.552. The Morgan fingerprint density at radius 3 is 3.05 bits per heavy atom. The van der Waals surface area contributed by atoms with E-state index in [9.17, 15) is 13.6 Å². The lowest BCUT2D eigenvalue weighted by atomic mass is 10.1. The van der Waals surface area contributed by atoms with Gasteiger partial charge >= 0.3 is 0 Å². The zero-order valence-electron chi connectivity index (χ0n) is 10.9. The van der Waals surface area contributed by atoms with Crippen LogP contribution in [0.3, 0.4) is 0 Å². The van der Waals surface area contributed by atoms with Crippen LogP contribution in [-0.4, -0.2) is 24.1 Å². The first-order valence-corrected chi connectivity index (χ1v) is 7.31. The molecule has 21 heavy (non-hydrogen) atoms. The lowest BCUT2D eigenvalue weighted by Gasteiger charge is -2.06. The molecule has 1 N–H and O–H groups in total. The third-order valence-electron chi connectivity index (χ3n) is 3.24. The Morgan fingerprint density at radius 1 is 1.43 bits per heavy atom. The highest BCUT2D eigenvalue weighted by molar-refractivity contribution is 7.14. The fraction of sp³-hybridized carbons (Fsp3) is 0.286. The Labute approximate surface area is 123 Å². The van der Waals surface area contributed by atoms with Crippen molar-refractivity contribution in [3.63, 3.8) is 0 Å². The molecule has 3 rings (SSSR count). The molecule has 1 aromatic carbocycles. The van der Waals surface area contributed by atoms with Crippen molar-refractivity contribution < 1.29 is 18.3 Å². The predicted octanol–water partition coefficient (Wildman–Crippen LogP) is 3.06. The van der Waals surface area contributed by atoms with Crippen LogP contribution in [-0.2, 0) is 9.53 Å². The van der Waals surface area contributed by atoms with Crippen molar-refractivity contribution in [3.05, 3.63) is 35.2 Å². The van der Waals surface area contributed by atoms with E-state index in [1.165, 1.54) is 11.3 Å². The van der Waals surface area contributed by atoms with Crippen molar-refractivity contribution in [2.45, 2.75) is 6.42 Å². The molecule has 2 heterocycles. The Balaban J connectivity index is 1.77. The molecule has 0 aliphatic carbocycles. The molecule has 1 atom stereocenters. The first-order chi connectivity index (χ1) is 10.1. The largest absolute Gasteiger partial charge is 0.381 e.